The predicted octanol–water partition coefficient (Wildman–Crippen LogP) is 8.30. The van der Waals surface area contributed by atoms with Gasteiger partial charge in [-0.25, -0.2) is 9.59 Å². The first-order valence-electron chi connectivity index (χ1n) is 12.6. The minimum absolute atomic E-state index is 0.0313. The summed E-state index contributed by atoms with van der Waals surface area (Å²) < 4.78 is 5.76. The highest BCUT2D eigenvalue weighted by atomic mass is 32.2. The molecular weight excluding hydrogens is 496 g/mol. The quantitative estimate of drug-likeness (QED) is 0.180. The lowest BCUT2D eigenvalue weighted by molar-refractivity contribution is 0.0695. The largest absolute Gasteiger partial charge is 0.478 e. The monoisotopic (exact) mass is 530 g/mol. The normalized spacial score (nSPS) is 14.5. The lowest BCUT2D eigenvalue weighted by atomic mass is 9.75. The molecule has 6 heteroatoms. The van der Waals surface area contributed by atoms with Gasteiger partial charge in [-0.1, -0.05) is 81.6 Å². The van der Waals surface area contributed by atoms with Crippen molar-refractivity contribution in [2.24, 2.45) is 0 Å². The first-order valence-corrected chi connectivity index (χ1v) is 17.1. The number of allylic oxidation sites excluding steroid dienone is 1. The van der Waals surface area contributed by atoms with Gasteiger partial charge in [-0.15, -0.1) is 0 Å². The summed E-state index contributed by atoms with van der Waals surface area (Å²) in [5.74, 6) is -1.04. The Morgan fingerprint density at radius 1 is 1.00 bits per heavy atom. The number of aromatic carboxylic acids is 1. The molecule has 3 aromatic rings. The molecule has 0 saturated carbocycles. The van der Waals surface area contributed by atoms with Crippen LogP contribution in [0.4, 0.5) is 0 Å². The molecule has 1 aliphatic rings. The fraction of sp³-hybridized carbons (Fsp3) is 0.290. The second-order valence-corrected chi connectivity index (χ2v) is 18.1. The van der Waals surface area contributed by atoms with Gasteiger partial charge in [0.25, 0.3) is 0 Å². The van der Waals surface area contributed by atoms with Crippen molar-refractivity contribution in [2.75, 3.05) is 0 Å². The number of ether oxygens (including phenoxy) is 1. The molecule has 1 N–H and O–H groups in total. The van der Waals surface area contributed by atoms with E-state index in [0.29, 0.717) is 23.3 Å². The average Bonchev–Trinajstić information content (AvgIpc) is 2.84. The number of fused-ring (bicyclic) bond motifs is 1. The maximum atomic E-state index is 13.2. The minimum Gasteiger partial charge on any atom is -0.478 e. The molecule has 4 nitrogen and oxygen atoms in total. The average molecular weight is 531 g/mol. The van der Waals surface area contributed by atoms with E-state index in [0.717, 1.165) is 27.8 Å². The molecule has 0 atom stereocenters. The second-order valence-electron chi connectivity index (χ2n) is 11.4. The van der Waals surface area contributed by atoms with Crippen molar-refractivity contribution in [1.29, 1.82) is 0 Å². The molecule has 0 aliphatic heterocycles. The van der Waals surface area contributed by atoms with E-state index in [1.165, 1.54) is 11.6 Å². The number of benzene rings is 3. The number of esters is 1. The molecular formula is C31H34O4SSi. The van der Waals surface area contributed by atoms with Crippen LogP contribution >= 0.6 is 11.8 Å². The van der Waals surface area contributed by atoms with Crippen molar-refractivity contribution in [1.82, 2.24) is 0 Å². The Kier molecular flexibility index (Phi) is 7.81. The zero-order valence-corrected chi connectivity index (χ0v) is 23.9. The van der Waals surface area contributed by atoms with Crippen LogP contribution in [-0.4, -0.2) is 25.1 Å². The van der Waals surface area contributed by atoms with Gasteiger partial charge in [0.1, 0.15) is 5.75 Å². The van der Waals surface area contributed by atoms with Crippen molar-refractivity contribution >= 4 is 36.7 Å². The summed E-state index contributed by atoms with van der Waals surface area (Å²) in [5.41, 5.74) is 3.68. The van der Waals surface area contributed by atoms with E-state index >= 15 is 0 Å². The second kappa shape index (κ2) is 10.7. The van der Waals surface area contributed by atoms with Gasteiger partial charge in [-0.05, 0) is 77.4 Å². The summed E-state index contributed by atoms with van der Waals surface area (Å²) >= 11 is 1.70. The van der Waals surface area contributed by atoms with Crippen LogP contribution in [0, 0.1) is 0 Å². The summed E-state index contributed by atoms with van der Waals surface area (Å²) in [5, 5.41) is 9.63. The van der Waals surface area contributed by atoms with Gasteiger partial charge in [0.15, 0.2) is 0 Å². The van der Waals surface area contributed by atoms with E-state index in [-0.39, 0.29) is 11.0 Å². The highest BCUT2D eigenvalue weighted by molar-refractivity contribution is 8.08. The molecule has 1 aliphatic carbocycles. The van der Waals surface area contributed by atoms with Gasteiger partial charge in [-0.2, -0.15) is 0 Å². The molecule has 4 rings (SSSR count). The Bertz CT molecular complexity index is 1350. The number of aryl methyl sites for hydroxylation is 1. The van der Waals surface area contributed by atoms with Crippen LogP contribution < -0.4 is 4.74 Å². The fourth-order valence-electron chi connectivity index (χ4n) is 4.47. The fourth-order valence-corrected chi connectivity index (χ4v) is 6.48. The van der Waals surface area contributed by atoms with Crippen molar-refractivity contribution in [3.05, 3.63) is 101 Å². The van der Waals surface area contributed by atoms with Gasteiger partial charge >= 0.3 is 11.9 Å². The van der Waals surface area contributed by atoms with Crippen LogP contribution in [0.3, 0.4) is 0 Å². The SMILES string of the molecule is CC1(C)CC=C(Sc2ccccc2)c2cc(C(=O)Oc3ccc(C(=O)O)c(CC[Si](C)(C)C)c3)ccc21. The van der Waals surface area contributed by atoms with E-state index in [2.05, 4.69) is 51.7 Å². The number of carboxylic acid groups (broad SMARTS) is 1. The van der Waals surface area contributed by atoms with E-state index in [9.17, 15) is 14.7 Å². The van der Waals surface area contributed by atoms with E-state index in [1.807, 2.05) is 36.4 Å². The third kappa shape index (κ3) is 6.62. The Morgan fingerprint density at radius 2 is 1.73 bits per heavy atom. The summed E-state index contributed by atoms with van der Waals surface area (Å²) in [6.07, 6.45) is 3.83. The minimum atomic E-state index is -1.37. The lowest BCUT2D eigenvalue weighted by Gasteiger charge is -2.32. The van der Waals surface area contributed by atoms with Crippen LogP contribution in [0.15, 0.2) is 77.7 Å². The Morgan fingerprint density at radius 3 is 2.41 bits per heavy atom. The van der Waals surface area contributed by atoms with Crippen LogP contribution in [0.2, 0.25) is 25.7 Å². The van der Waals surface area contributed by atoms with Crippen molar-refractivity contribution in [3.63, 3.8) is 0 Å². The molecule has 0 unspecified atom stereocenters. The van der Waals surface area contributed by atoms with Crippen LogP contribution in [-0.2, 0) is 11.8 Å². The smallest absolute Gasteiger partial charge is 0.343 e. The third-order valence-electron chi connectivity index (χ3n) is 6.68. The number of thioether (sulfide) groups is 1. The molecule has 0 heterocycles. The molecule has 0 radical (unpaired) electrons. The van der Waals surface area contributed by atoms with Gasteiger partial charge in [0.05, 0.1) is 11.1 Å². The lowest BCUT2D eigenvalue weighted by Crippen LogP contribution is -2.22. The number of hydrogen-bond acceptors (Lipinski definition) is 4. The summed E-state index contributed by atoms with van der Waals surface area (Å²) in [6.45, 7) is 11.2. The molecule has 0 fully saturated rings. The summed E-state index contributed by atoms with van der Waals surface area (Å²) in [6, 6.07) is 21.8. The van der Waals surface area contributed by atoms with Gasteiger partial charge < -0.3 is 9.84 Å². The predicted molar refractivity (Wildman–Crippen MR) is 155 cm³/mol. The maximum absolute atomic E-state index is 13.2. The standard InChI is InChI=1S/C31H34O4SSi/c1-31(2)17-15-28(36-24-9-7-6-8-10-24)26-20-22(11-14-27(26)31)30(34)35-23-12-13-25(29(32)33)21(19-23)16-18-37(3,4)5/h6-15,19-20H,16-18H2,1-5H3,(H,32,33). The molecule has 0 amide bonds. The zero-order chi connectivity index (χ0) is 26.8. The number of hydrogen-bond donors (Lipinski definition) is 1. The highest BCUT2D eigenvalue weighted by Crippen LogP contribution is 2.45. The highest BCUT2D eigenvalue weighted by Gasteiger charge is 2.29. The zero-order valence-electron chi connectivity index (χ0n) is 22.1. The van der Waals surface area contributed by atoms with E-state index in [4.69, 9.17) is 4.74 Å². The Balaban J connectivity index is 1.61. The number of carboxylic acids is 1. The molecule has 3 aromatic carbocycles. The molecule has 192 valence electrons. The summed E-state index contributed by atoms with van der Waals surface area (Å²) in [4.78, 5) is 27.2. The van der Waals surface area contributed by atoms with Crippen molar-refractivity contribution < 1.29 is 19.4 Å². The van der Waals surface area contributed by atoms with Crippen LogP contribution in [0.5, 0.6) is 5.75 Å². The van der Waals surface area contributed by atoms with Crippen LogP contribution in [0.25, 0.3) is 4.91 Å². The van der Waals surface area contributed by atoms with E-state index < -0.39 is 20.0 Å². The Labute approximate surface area is 224 Å². The molecule has 0 bridgehead atoms. The molecule has 0 aromatic heterocycles. The molecule has 0 spiro atoms. The van der Waals surface area contributed by atoms with E-state index in [1.54, 1.807) is 23.9 Å². The topological polar surface area (TPSA) is 63.6 Å². The van der Waals surface area contributed by atoms with Gasteiger partial charge in [-0.3, -0.25) is 0 Å². The van der Waals surface area contributed by atoms with Crippen molar-refractivity contribution in [3.8, 4) is 5.75 Å². The summed E-state index contributed by atoms with van der Waals surface area (Å²) in [7, 11) is -1.37. The van der Waals surface area contributed by atoms with Gasteiger partial charge in [0.2, 0.25) is 0 Å². The van der Waals surface area contributed by atoms with Gasteiger partial charge in [0, 0.05) is 17.9 Å². The number of carbonyl (C=O) groups is 2. The Hall–Kier alpha value is -3.09. The first kappa shape index (κ1) is 27.0. The molecule has 37 heavy (non-hydrogen) atoms. The first-order chi connectivity index (χ1) is 17.4. The maximum Gasteiger partial charge on any atom is 0.343 e. The molecule has 0 saturated heterocycles. The number of rotatable bonds is 8. The van der Waals surface area contributed by atoms with Crippen molar-refractivity contribution in [2.45, 2.75) is 62.7 Å². The van der Waals surface area contributed by atoms with Crippen LogP contribution in [0.1, 0.15) is 57.7 Å². The third-order valence-corrected chi connectivity index (χ3v) is 9.55. The number of carbonyl (C=O) groups excluding carboxylic acids is 1.